The van der Waals surface area contributed by atoms with E-state index in [1.807, 2.05) is 29.1 Å². The molecule has 1 aromatic heterocycles. The maximum atomic E-state index is 4.41. The Morgan fingerprint density at radius 1 is 1.22 bits per heavy atom. The quantitative estimate of drug-likeness (QED) is 0.777. The van der Waals surface area contributed by atoms with Crippen LogP contribution in [-0.2, 0) is 6.54 Å². The van der Waals surface area contributed by atoms with Gasteiger partial charge >= 0.3 is 0 Å². The largest absolute Gasteiger partial charge is 0.302 e. The van der Waals surface area contributed by atoms with Crippen LogP contribution in [0.15, 0.2) is 42.7 Å². The lowest BCUT2D eigenvalue weighted by Gasteiger charge is -2.14. The highest BCUT2D eigenvalue weighted by Crippen LogP contribution is 2.09. The maximum absolute atomic E-state index is 4.41. The minimum absolute atomic E-state index is 0.965. The molecule has 1 heterocycles. The summed E-state index contributed by atoms with van der Waals surface area (Å²) < 4.78 is 1.93. The molecule has 2 aromatic rings. The first kappa shape index (κ1) is 12.8. The second kappa shape index (κ2) is 6.36. The van der Waals surface area contributed by atoms with Crippen molar-refractivity contribution in [2.75, 3.05) is 13.6 Å². The molecular weight excluding hydrogens is 222 g/mol. The average Bonchev–Trinajstić information content (AvgIpc) is 2.86. The van der Waals surface area contributed by atoms with Crippen LogP contribution in [0.4, 0.5) is 0 Å². The van der Waals surface area contributed by atoms with Crippen LogP contribution in [0.2, 0.25) is 0 Å². The van der Waals surface area contributed by atoms with E-state index in [4.69, 9.17) is 0 Å². The van der Waals surface area contributed by atoms with Crippen LogP contribution in [0, 0.1) is 0 Å². The van der Waals surface area contributed by atoms with E-state index in [0.717, 1.165) is 18.8 Å². The molecule has 0 saturated carbocycles. The van der Waals surface area contributed by atoms with E-state index in [1.54, 1.807) is 0 Å². The normalized spacial score (nSPS) is 11.1. The van der Waals surface area contributed by atoms with Gasteiger partial charge in [0, 0.05) is 18.3 Å². The zero-order chi connectivity index (χ0) is 12.8. The Balaban J connectivity index is 1.98. The number of benzene rings is 1. The van der Waals surface area contributed by atoms with Gasteiger partial charge in [0.05, 0.1) is 11.9 Å². The Morgan fingerprint density at radius 3 is 2.72 bits per heavy atom. The van der Waals surface area contributed by atoms with Gasteiger partial charge in [-0.2, -0.15) is 5.10 Å². The third kappa shape index (κ3) is 3.44. The predicted octanol–water partition coefficient (Wildman–Crippen LogP) is 3.10. The summed E-state index contributed by atoms with van der Waals surface area (Å²) in [6.07, 6.45) is 6.56. The second-order valence-electron chi connectivity index (χ2n) is 4.72. The molecule has 18 heavy (non-hydrogen) atoms. The molecule has 0 unspecified atom stereocenters. The summed E-state index contributed by atoms with van der Waals surface area (Å²) in [6, 6.07) is 10.2. The van der Waals surface area contributed by atoms with Crippen LogP contribution in [0.25, 0.3) is 5.69 Å². The lowest BCUT2D eigenvalue weighted by atomic mass is 10.3. The van der Waals surface area contributed by atoms with Gasteiger partial charge in [0.1, 0.15) is 0 Å². The van der Waals surface area contributed by atoms with Crippen LogP contribution in [-0.4, -0.2) is 28.3 Å². The molecule has 0 bridgehead atoms. The fourth-order valence-electron chi connectivity index (χ4n) is 1.98. The number of nitrogens with zero attached hydrogens (tertiary/aromatic N) is 3. The molecule has 0 amide bonds. The molecule has 0 saturated heterocycles. The lowest BCUT2D eigenvalue weighted by molar-refractivity contribution is 0.321. The van der Waals surface area contributed by atoms with Crippen molar-refractivity contribution in [1.82, 2.24) is 14.7 Å². The average molecular weight is 243 g/mol. The summed E-state index contributed by atoms with van der Waals surface area (Å²) in [6.45, 7) is 4.33. The summed E-state index contributed by atoms with van der Waals surface area (Å²) in [4.78, 5) is 2.34. The van der Waals surface area contributed by atoms with Crippen molar-refractivity contribution in [2.45, 2.75) is 26.3 Å². The highest BCUT2D eigenvalue weighted by molar-refractivity contribution is 5.30. The van der Waals surface area contributed by atoms with E-state index in [2.05, 4.69) is 42.3 Å². The van der Waals surface area contributed by atoms with Gasteiger partial charge in [-0.25, -0.2) is 4.68 Å². The van der Waals surface area contributed by atoms with Crippen LogP contribution >= 0.6 is 0 Å². The van der Waals surface area contributed by atoms with Gasteiger partial charge in [0.25, 0.3) is 0 Å². The van der Waals surface area contributed by atoms with E-state index >= 15 is 0 Å². The van der Waals surface area contributed by atoms with E-state index in [1.165, 1.54) is 18.4 Å². The highest BCUT2D eigenvalue weighted by atomic mass is 15.3. The predicted molar refractivity (Wildman–Crippen MR) is 74.8 cm³/mol. The van der Waals surface area contributed by atoms with Crippen LogP contribution in [0.5, 0.6) is 0 Å². The van der Waals surface area contributed by atoms with Crippen molar-refractivity contribution in [3.63, 3.8) is 0 Å². The topological polar surface area (TPSA) is 21.1 Å². The van der Waals surface area contributed by atoms with Crippen molar-refractivity contribution in [3.05, 3.63) is 48.3 Å². The lowest BCUT2D eigenvalue weighted by Crippen LogP contribution is -2.18. The molecule has 0 atom stereocenters. The SMILES string of the molecule is CCCCN(C)Cc1cnn(-c2ccccc2)c1. The zero-order valence-electron chi connectivity index (χ0n) is 11.2. The van der Waals surface area contributed by atoms with Crippen molar-refractivity contribution in [2.24, 2.45) is 0 Å². The molecule has 3 heteroatoms. The van der Waals surface area contributed by atoms with Gasteiger partial charge in [0.15, 0.2) is 0 Å². The maximum Gasteiger partial charge on any atom is 0.0645 e. The molecule has 0 fully saturated rings. The van der Waals surface area contributed by atoms with E-state index < -0.39 is 0 Å². The van der Waals surface area contributed by atoms with Gasteiger partial charge in [0.2, 0.25) is 0 Å². The Morgan fingerprint density at radius 2 is 2.00 bits per heavy atom. The Bertz CT molecular complexity index is 462. The number of para-hydroxylation sites is 1. The molecule has 2 rings (SSSR count). The van der Waals surface area contributed by atoms with E-state index in [-0.39, 0.29) is 0 Å². The first-order chi connectivity index (χ1) is 8.79. The zero-order valence-corrected chi connectivity index (χ0v) is 11.2. The molecule has 1 aromatic carbocycles. The minimum Gasteiger partial charge on any atom is -0.302 e. The van der Waals surface area contributed by atoms with Crippen LogP contribution in [0.1, 0.15) is 25.3 Å². The molecule has 0 aliphatic rings. The number of aromatic nitrogens is 2. The molecule has 3 nitrogen and oxygen atoms in total. The third-order valence-corrected chi connectivity index (χ3v) is 3.00. The van der Waals surface area contributed by atoms with Gasteiger partial charge in [-0.1, -0.05) is 31.5 Å². The van der Waals surface area contributed by atoms with Crippen molar-refractivity contribution < 1.29 is 0 Å². The summed E-state index contributed by atoms with van der Waals surface area (Å²) in [7, 11) is 2.16. The first-order valence-electron chi connectivity index (χ1n) is 6.57. The molecule has 0 aliphatic heterocycles. The van der Waals surface area contributed by atoms with Crippen LogP contribution in [0.3, 0.4) is 0 Å². The molecule has 0 aliphatic carbocycles. The van der Waals surface area contributed by atoms with E-state index in [0.29, 0.717) is 0 Å². The number of rotatable bonds is 6. The van der Waals surface area contributed by atoms with E-state index in [9.17, 15) is 0 Å². The van der Waals surface area contributed by atoms with Gasteiger partial charge in [-0.05, 0) is 32.1 Å². The number of hydrogen-bond donors (Lipinski definition) is 0. The van der Waals surface area contributed by atoms with Crippen molar-refractivity contribution >= 4 is 0 Å². The molecule has 96 valence electrons. The fraction of sp³-hybridized carbons (Fsp3) is 0.400. The van der Waals surface area contributed by atoms with Crippen molar-refractivity contribution in [3.8, 4) is 5.69 Å². The molecule has 0 N–H and O–H groups in total. The Labute approximate surface area is 109 Å². The van der Waals surface area contributed by atoms with Crippen molar-refractivity contribution in [1.29, 1.82) is 0 Å². The van der Waals surface area contributed by atoms with Crippen LogP contribution < -0.4 is 0 Å². The summed E-state index contributed by atoms with van der Waals surface area (Å²) in [5.74, 6) is 0. The second-order valence-corrected chi connectivity index (χ2v) is 4.72. The smallest absolute Gasteiger partial charge is 0.0645 e. The first-order valence-corrected chi connectivity index (χ1v) is 6.57. The Hall–Kier alpha value is -1.61. The number of unbranched alkanes of at least 4 members (excludes halogenated alkanes) is 1. The summed E-state index contributed by atoms with van der Waals surface area (Å²) in [5.41, 5.74) is 2.37. The number of hydrogen-bond acceptors (Lipinski definition) is 2. The monoisotopic (exact) mass is 243 g/mol. The van der Waals surface area contributed by atoms with Gasteiger partial charge < -0.3 is 4.90 Å². The summed E-state index contributed by atoms with van der Waals surface area (Å²) in [5, 5.41) is 4.41. The standard InChI is InChI=1S/C15H21N3/c1-3-4-10-17(2)12-14-11-16-18(13-14)15-8-6-5-7-9-15/h5-9,11,13H,3-4,10,12H2,1-2H3. The molecule has 0 spiro atoms. The third-order valence-electron chi connectivity index (χ3n) is 3.00. The van der Waals surface area contributed by atoms with Gasteiger partial charge in [-0.15, -0.1) is 0 Å². The van der Waals surface area contributed by atoms with Gasteiger partial charge in [-0.3, -0.25) is 0 Å². The summed E-state index contributed by atoms with van der Waals surface area (Å²) >= 11 is 0. The molecule has 0 radical (unpaired) electrons. The molecular formula is C15H21N3. The minimum atomic E-state index is 0.965. The fourth-order valence-corrected chi connectivity index (χ4v) is 1.98. The Kier molecular flexibility index (Phi) is 4.53. The highest BCUT2D eigenvalue weighted by Gasteiger charge is 2.03.